The molecule has 2 N–H and O–H groups in total. The van der Waals surface area contributed by atoms with E-state index in [4.69, 9.17) is 5.73 Å². The molecule has 1 aliphatic rings. The Labute approximate surface area is 156 Å². The van der Waals surface area contributed by atoms with Gasteiger partial charge in [0.05, 0.1) is 11.9 Å². The molecule has 4 rings (SSSR count). The lowest BCUT2D eigenvalue weighted by atomic mass is 9.93. The van der Waals surface area contributed by atoms with Crippen LogP contribution in [0, 0.1) is 6.92 Å². The lowest BCUT2D eigenvalue weighted by Gasteiger charge is -2.34. The highest BCUT2D eigenvalue weighted by Gasteiger charge is 2.34. The van der Waals surface area contributed by atoms with Gasteiger partial charge in [0.1, 0.15) is 6.04 Å². The lowest BCUT2D eigenvalue weighted by molar-refractivity contribution is -0.122. The third kappa shape index (κ3) is 3.19. The molecule has 0 radical (unpaired) electrons. The summed E-state index contributed by atoms with van der Waals surface area (Å²) in [5.74, 6) is -0.879. The summed E-state index contributed by atoms with van der Waals surface area (Å²) in [6, 6.07) is 14.8. The highest BCUT2D eigenvalue weighted by molar-refractivity contribution is 5.96. The smallest absolute Gasteiger partial charge is 0.277 e. The fraction of sp³-hybridized carbons (Fsp3) is 0.200. The maximum atomic E-state index is 13.0. The van der Waals surface area contributed by atoms with Crippen LogP contribution in [0.25, 0.3) is 5.69 Å². The molecule has 1 aromatic heterocycles. The molecule has 2 aromatic carbocycles. The Hall–Kier alpha value is -3.48. The number of hydrogen-bond acceptors (Lipinski definition) is 4. The van der Waals surface area contributed by atoms with Gasteiger partial charge in [0.2, 0.25) is 5.91 Å². The van der Waals surface area contributed by atoms with Gasteiger partial charge in [-0.05, 0) is 35.7 Å². The SMILES string of the molecule is Cc1cccc(-n2cc(C(=O)N3Cc4ccccc4C[C@H]3C(N)=O)nn2)c1. The molecule has 0 aliphatic carbocycles. The van der Waals surface area contributed by atoms with Gasteiger partial charge in [-0.1, -0.05) is 41.6 Å². The number of rotatable bonds is 3. The van der Waals surface area contributed by atoms with Crippen molar-refractivity contribution in [3.63, 3.8) is 0 Å². The monoisotopic (exact) mass is 361 g/mol. The molecule has 3 aromatic rings. The first-order valence-electron chi connectivity index (χ1n) is 8.69. The molecule has 0 fully saturated rings. The molecule has 1 aliphatic heterocycles. The largest absolute Gasteiger partial charge is 0.368 e. The molecular weight excluding hydrogens is 342 g/mol. The van der Waals surface area contributed by atoms with Gasteiger partial charge < -0.3 is 10.6 Å². The topological polar surface area (TPSA) is 94.1 Å². The third-order valence-corrected chi connectivity index (χ3v) is 4.82. The normalized spacial score (nSPS) is 16.0. The van der Waals surface area contributed by atoms with E-state index in [1.165, 1.54) is 4.90 Å². The van der Waals surface area contributed by atoms with Crippen molar-refractivity contribution >= 4 is 11.8 Å². The number of nitrogens with zero attached hydrogens (tertiary/aromatic N) is 4. The van der Waals surface area contributed by atoms with Gasteiger partial charge in [0, 0.05) is 13.0 Å². The van der Waals surface area contributed by atoms with Crippen LogP contribution < -0.4 is 5.73 Å². The third-order valence-electron chi connectivity index (χ3n) is 4.82. The lowest BCUT2D eigenvalue weighted by Crippen LogP contribution is -2.51. The van der Waals surface area contributed by atoms with Crippen LogP contribution in [-0.2, 0) is 17.8 Å². The summed E-state index contributed by atoms with van der Waals surface area (Å²) in [5, 5.41) is 8.08. The summed E-state index contributed by atoms with van der Waals surface area (Å²) in [5.41, 5.74) is 9.69. The fourth-order valence-corrected chi connectivity index (χ4v) is 3.40. The van der Waals surface area contributed by atoms with E-state index in [1.54, 1.807) is 10.9 Å². The predicted molar refractivity (Wildman–Crippen MR) is 99.1 cm³/mol. The Morgan fingerprint density at radius 2 is 1.89 bits per heavy atom. The molecule has 2 heterocycles. The number of hydrogen-bond donors (Lipinski definition) is 1. The van der Waals surface area contributed by atoms with Gasteiger partial charge in [-0.2, -0.15) is 0 Å². The van der Waals surface area contributed by atoms with Crippen molar-refractivity contribution < 1.29 is 9.59 Å². The molecule has 136 valence electrons. The van der Waals surface area contributed by atoms with Crippen LogP contribution in [-0.4, -0.2) is 37.7 Å². The van der Waals surface area contributed by atoms with E-state index in [0.29, 0.717) is 13.0 Å². The van der Waals surface area contributed by atoms with Crippen molar-refractivity contribution in [2.45, 2.75) is 25.9 Å². The molecule has 0 unspecified atom stereocenters. The van der Waals surface area contributed by atoms with E-state index in [2.05, 4.69) is 10.3 Å². The fourth-order valence-electron chi connectivity index (χ4n) is 3.40. The van der Waals surface area contributed by atoms with Crippen LogP contribution in [0.5, 0.6) is 0 Å². The van der Waals surface area contributed by atoms with Gasteiger partial charge >= 0.3 is 0 Å². The Bertz CT molecular complexity index is 1030. The minimum atomic E-state index is -0.698. The maximum Gasteiger partial charge on any atom is 0.277 e. The number of fused-ring (bicyclic) bond motifs is 1. The zero-order valence-corrected chi connectivity index (χ0v) is 14.9. The molecular formula is C20H19N5O2. The van der Waals surface area contributed by atoms with Crippen LogP contribution in [0.1, 0.15) is 27.2 Å². The number of carbonyl (C=O) groups excluding carboxylic acids is 2. The standard InChI is InChI=1S/C20H19N5O2/c1-13-5-4-8-16(9-13)25-12-17(22-23-25)20(27)24-11-15-7-3-2-6-14(15)10-18(24)19(21)26/h2-9,12,18H,10-11H2,1H3,(H2,21,26)/t18-/m0/s1. The summed E-state index contributed by atoms with van der Waals surface area (Å²) < 4.78 is 1.55. The van der Waals surface area contributed by atoms with Crippen LogP contribution in [0.3, 0.4) is 0 Å². The van der Waals surface area contributed by atoms with Crippen molar-refractivity contribution in [3.05, 3.63) is 77.1 Å². The highest BCUT2D eigenvalue weighted by atomic mass is 16.2. The summed E-state index contributed by atoms with van der Waals surface area (Å²) in [4.78, 5) is 26.5. The van der Waals surface area contributed by atoms with Gasteiger partial charge in [0.15, 0.2) is 5.69 Å². The Morgan fingerprint density at radius 3 is 2.63 bits per heavy atom. The molecule has 0 spiro atoms. The number of nitrogens with two attached hydrogens (primary N) is 1. The quantitative estimate of drug-likeness (QED) is 0.767. The number of primary amides is 1. The van der Waals surface area contributed by atoms with Crippen molar-refractivity contribution in [3.8, 4) is 5.69 Å². The van der Waals surface area contributed by atoms with E-state index in [-0.39, 0.29) is 11.6 Å². The van der Waals surface area contributed by atoms with E-state index < -0.39 is 11.9 Å². The maximum absolute atomic E-state index is 13.0. The Morgan fingerprint density at radius 1 is 1.11 bits per heavy atom. The zero-order valence-electron chi connectivity index (χ0n) is 14.9. The van der Waals surface area contributed by atoms with Crippen LogP contribution >= 0.6 is 0 Å². The summed E-state index contributed by atoms with van der Waals surface area (Å²) in [6.07, 6.45) is 1.99. The molecule has 7 nitrogen and oxygen atoms in total. The molecule has 0 bridgehead atoms. The molecule has 7 heteroatoms. The minimum absolute atomic E-state index is 0.183. The number of aromatic nitrogens is 3. The van der Waals surface area contributed by atoms with E-state index >= 15 is 0 Å². The van der Waals surface area contributed by atoms with Crippen molar-refractivity contribution in [1.29, 1.82) is 0 Å². The van der Waals surface area contributed by atoms with E-state index in [9.17, 15) is 9.59 Å². The molecule has 1 atom stereocenters. The molecule has 27 heavy (non-hydrogen) atoms. The average Bonchev–Trinajstić information content (AvgIpc) is 3.16. The second-order valence-electron chi connectivity index (χ2n) is 6.71. The van der Waals surface area contributed by atoms with Gasteiger partial charge in [-0.15, -0.1) is 5.10 Å². The van der Waals surface area contributed by atoms with Crippen molar-refractivity contribution in [1.82, 2.24) is 19.9 Å². The van der Waals surface area contributed by atoms with Gasteiger partial charge in [0.25, 0.3) is 5.91 Å². The molecule has 0 saturated carbocycles. The van der Waals surface area contributed by atoms with Crippen molar-refractivity contribution in [2.75, 3.05) is 0 Å². The van der Waals surface area contributed by atoms with Crippen LogP contribution in [0.2, 0.25) is 0 Å². The summed E-state index contributed by atoms with van der Waals surface area (Å²) in [7, 11) is 0. The first-order chi connectivity index (χ1) is 13.0. The minimum Gasteiger partial charge on any atom is -0.368 e. The first-order valence-corrected chi connectivity index (χ1v) is 8.69. The molecule has 0 saturated heterocycles. The van der Waals surface area contributed by atoms with Crippen LogP contribution in [0.4, 0.5) is 0 Å². The predicted octanol–water partition coefficient (Wildman–Crippen LogP) is 1.63. The summed E-state index contributed by atoms with van der Waals surface area (Å²) in [6.45, 7) is 2.30. The second kappa shape index (κ2) is 6.68. The Kier molecular flexibility index (Phi) is 4.19. The van der Waals surface area contributed by atoms with Crippen molar-refractivity contribution in [2.24, 2.45) is 5.73 Å². The second-order valence-corrected chi connectivity index (χ2v) is 6.71. The highest BCUT2D eigenvalue weighted by Crippen LogP contribution is 2.24. The number of amides is 2. The number of benzene rings is 2. The Balaban J connectivity index is 1.65. The number of aryl methyl sites for hydroxylation is 1. The molecule has 2 amide bonds. The summed E-state index contributed by atoms with van der Waals surface area (Å²) >= 11 is 0. The average molecular weight is 361 g/mol. The zero-order chi connectivity index (χ0) is 19.0. The first kappa shape index (κ1) is 17.0. The van der Waals surface area contributed by atoms with Gasteiger partial charge in [-0.25, -0.2) is 4.68 Å². The van der Waals surface area contributed by atoms with Gasteiger partial charge in [-0.3, -0.25) is 9.59 Å². The van der Waals surface area contributed by atoms with E-state index in [1.807, 2.05) is 55.5 Å². The van der Waals surface area contributed by atoms with E-state index in [0.717, 1.165) is 22.4 Å². The number of carbonyl (C=O) groups is 2. The van der Waals surface area contributed by atoms with Crippen LogP contribution in [0.15, 0.2) is 54.7 Å².